The van der Waals surface area contributed by atoms with Crippen LogP contribution in [-0.2, 0) is 9.53 Å². The number of esters is 1. The molecule has 0 atom stereocenters. The number of halogens is 2. The number of benzene rings is 1. The standard InChI is InChI=1S/C14H12ClFN2O4/c1-7-13(8(2)22-18-7)14(20)21-6-12(19)17-11-5-9(15)3-4-10(11)16/h3-5H,6H2,1-2H3,(H,17,19). The summed E-state index contributed by atoms with van der Waals surface area (Å²) in [4.78, 5) is 23.5. The number of anilines is 1. The lowest BCUT2D eigenvalue weighted by Crippen LogP contribution is -2.21. The van der Waals surface area contributed by atoms with E-state index in [0.717, 1.165) is 6.07 Å². The molecule has 2 rings (SSSR count). The van der Waals surface area contributed by atoms with Gasteiger partial charge in [-0.25, -0.2) is 9.18 Å². The van der Waals surface area contributed by atoms with Gasteiger partial charge >= 0.3 is 5.97 Å². The van der Waals surface area contributed by atoms with Crippen molar-refractivity contribution in [2.75, 3.05) is 11.9 Å². The van der Waals surface area contributed by atoms with Crippen LogP contribution in [0.3, 0.4) is 0 Å². The van der Waals surface area contributed by atoms with Crippen molar-refractivity contribution in [3.8, 4) is 0 Å². The SMILES string of the molecule is Cc1noc(C)c1C(=O)OCC(=O)Nc1cc(Cl)ccc1F. The Kier molecular flexibility index (Phi) is 4.77. The van der Waals surface area contributed by atoms with Gasteiger partial charge in [-0.1, -0.05) is 16.8 Å². The third-order valence-corrected chi connectivity index (χ3v) is 3.01. The lowest BCUT2D eigenvalue weighted by Gasteiger charge is -2.07. The Bertz CT molecular complexity index is 710. The number of hydrogen-bond donors (Lipinski definition) is 1. The minimum Gasteiger partial charge on any atom is -0.452 e. The predicted octanol–water partition coefficient (Wildman–Crippen LogP) is 2.88. The molecule has 1 aromatic carbocycles. The zero-order valence-electron chi connectivity index (χ0n) is 11.8. The molecule has 0 aliphatic rings. The fraction of sp³-hybridized carbons (Fsp3) is 0.214. The van der Waals surface area contributed by atoms with Crippen molar-refractivity contribution in [3.63, 3.8) is 0 Å². The van der Waals surface area contributed by atoms with Crippen LogP contribution < -0.4 is 5.32 Å². The number of hydrogen-bond acceptors (Lipinski definition) is 5. The third-order valence-electron chi connectivity index (χ3n) is 2.77. The number of carbonyl (C=O) groups is 2. The van der Waals surface area contributed by atoms with Gasteiger partial charge in [0.1, 0.15) is 17.1 Å². The molecule has 2 aromatic rings. The molecule has 1 aromatic heterocycles. The highest BCUT2D eigenvalue weighted by molar-refractivity contribution is 6.30. The largest absolute Gasteiger partial charge is 0.452 e. The van der Waals surface area contributed by atoms with Crippen molar-refractivity contribution in [2.24, 2.45) is 0 Å². The maximum atomic E-state index is 13.5. The van der Waals surface area contributed by atoms with E-state index in [-0.39, 0.29) is 16.3 Å². The van der Waals surface area contributed by atoms with Gasteiger partial charge in [-0.15, -0.1) is 0 Å². The van der Waals surface area contributed by atoms with Crippen LogP contribution in [-0.4, -0.2) is 23.6 Å². The van der Waals surface area contributed by atoms with Gasteiger partial charge in [0.2, 0.25) is 0 Å². The Labute approximate surface area is 130 Å². The molecule has 6 nitrogen and oxygen atoms in total. The molecule has 22 heavy (non-hydrogen) atoms. The number of nitrogens with one attached hydrogen (secondary N) is 1. The summed E-state index contributed by atoms with van der Waals surface area (Å²) >= 11 is 5.71. The summed E-state index contributed by atoms with van der Waals surface area (Å²) in [5, 5.41) is 6.15. The van der Waals surface area contributed by atoms with Crippen LogP contribution in [0.15, 0.2) is 22.7 Å². The van der Waals surface area contributed by atoms with Crippen molar-refractivity contribution in [1.29, 1.82) is 0 Å². The zero-order chi connectivity index (χ0) is 16.3. The summed E-state index contributed by atoms with van der Waals surface area (Å²) in [6.07, 6.45) is 0. The lowest BCUT2D eigenvalue weighted by molar-refractivity contribution is -0.119. The predicted molar refractivity (Wildman–Crippen MR) is 76.3 cm³/mol. The molecular weight excluding hydrogens is 315 g/mol. The van der Waals surface area contributed by atoms with E-state index in [1.165, 1.54) is 12.1 Å². The molecule has 0 saturated carbocycles. The van der Waals surface area contributed by atoms with Gasteiger partial charge in [-0.2, -0.15) is 0 Å². The first-order chi connectivity index (χ1) is 10.4. The number of carbonyl (C=O) groups excluding carboxylic acids is 2. The average molecular weight is 327 g/mol. The highest BCUT2D eigenvalue weighted by atomic mass is 35.5. The molecule has 0 aliphatic heterocycles. The summed E-state index contributed by atoms with van der Waals surface area (Å²) in [7, 11) is 0. The van der Waals surface area contributed by atoms with Crippen LogP contribution in [0.5, 0.6) is 0 Å². The maximum Gasteiger partial charge on any atom is 0.344 e. The second-order valence-corrected chi connectivity index (χ2v) is 4.88. The summed E-state index contributed by atoms with van der Waals surface area (Å²) in [6.45, 7) is 2.56. The first-order valence-electron chi connectivity index (χ1n) is 6.23. The first kappa shape index (κ1) is 16.0. The average Bonchev–Trinajstić information content (AvgIpc) is 2.80. The maximum absolute atomic E-state index is 13.5. The molecule has 0 unspecified atom stereocenters. The number of aryl methyl sites for hydroxylation is 2. The fourth-order valence-electron chi connectivity index (χ4n) is 1.76. The Morgan fingerprint density at radius 1 is 1.41 bits per heavy atom. The Morgan fingerprint density at radius 2 is 2.14 bits per heavy atom. The third kappa shape index (κ3) is 3.62. The molecule has 1 heterocycles. The second kappa shape index (κ2) is 6.57. The van der Waals surface area contributed by atoms with Crippen LogP contribution in [0.4, 0.5) is 10.1 Å². The molecule has 1 amide bonds. The molecular formula is C14H12ClFN2O4. The summed E-state index contributed by atoms with van der Waals surface area (Å²) < 4.78 is 23.1. The van der Waals surface area contributed by atoms with Crippen molar-refractivity contribution in [3.05, 3.63) is 46.1 Å². The molecule has 0 bridgehead atoms. The van der Waals surface area contributed by atoms with Gasteiger partial charge in [0.15, 0.2) is 6.61 Å². The Hall–Kier alpha value is -2.41. The van der Waals surface area contributed by atoms with Crippen molar-refractivity contribution >= 4 is 29.2 Å². The summed E-state index contributed by atoms with van der Waals surface area (Å²) in [6, 6.07) is 3.72. The number of nitrogens with zero attached hydrogens (tertiary/aromatic N) is 1. The van der Waals surface area contributed by atoms with Gasteiger partial charge in [0, 0.05) is 5.02 Å². The normalized spacial score (nSPS) is 10.4. The van der Waals surface area contributed by atoms with Gasteiger partial charge in [-0.3, -0.25) is 4.79 Å². The number of amides is 1. The van der Waals surface area contributed by atoms with Gasteiger partial charge in [0.25, 0.3) is 5.91 Å². The lowest BCUT2D eigenvalue weighted by atomic mass is 10.2. The second-order valence-electron chi connectivity index (χ2n) is 4.45. The van der Waals surface area contributed by atoms with E-state index in [4.69, 9.17) is 20.9 Å². The highest BCUT2D eigenvalue weighted by Gasteiger charge is 2.20. The van der Waals surface area contributed by atoms with Crippen LogP contribution in [0, 0.1) is 19.7 Å². The smallest absolute Gasteiger partial charge is 0.344 e. The van der Waals surface area contributed by atoms with Crippen molar-refractivity contribution < 1.29 is 23.2 Å². The fourth-order valence-corrected chi connectivity index (χ4v) is 1.93. The van der Waals surface area contributed by atoms with Gasteiger partial charge < -0.3 is 14.6 Å². The summed E-state index contributed by atoms with van der Waals surface area (Å²) in [5.74, 6) is -1.78. The molecule has 116 valence electrons. The van der Waals surface area contributed by atoms with E-state index in [1.54, 1.807) is 13.8 Å². The van der Waals surface area contributed by atoms with E-state index in [1.807, 2.05) is 0 Å². The van der Waals surface area contributed by atoms with E-state index < -0.39 is 24.3 Å². The van der Waals surface area contributed by atoms with Crippen LogP contribution >= 0.6 is 11.6 Å². The van der Waals surface area contributed by atoms with Crippen LogP contribution in [0.1, 0.15) is 21.8 Å². The van der Waals surface area contributed by atoms with E-state index in [9.17, 15) is 14.0 Å². The Balaban J connectivity index is 1.96. The van der Waals surface area contributed by atoms with Crippen molar-refractivity contribution in [1.82, 2.24) is 5.16 Å². The van der Waals surface area contributed by atoms with Gasteiger partial charge in [-0.05, 0) is 32.0 Å². The molecule has 0 radical (unpaired) electrons. The number of rotatable bonds is 4. The first-order valence-corrected chi connectivity index (χ1v) is 6.61. The topological polar surface area (TPSA) is 81.4 Å². The highest BCUT2D eigenvalue weighted by Crippen LogP contribution is 2.19. The quantitative estimate of drug-likeness (QED) is 0.874. The van der Waals surface area contributed by atoms with Crippen LogP contribution in [0.25, 0.3) is 0 Å². The minimum atomic E-state index is -0.738. The van der Waals surface area contributed by atoms with Crippen LogP contribution in [0.2, 0.25) is 5.02 Å². The molecule has 8 heteroatoms. The zero-order valence-corrected chi connectivity index (χ0v) is 12.5. The molecule has 0 aliphatic carbocycles. The molecule has 0 fully saturated rings. The van der Waals surface area contributed by atoms with E-state index in [0.29, 0.717) is 11.5 Å². The van der Waals surface area contributed by atoms with E-state index >= 15 is 0 Å². The van der Waals surface area contributed by atoms with Gasteiger partial charge in [0.05, 0.1) is 11.4 Å². The molecule has 0 saturated heterocycles. The molecule has 0 spiro atoms. The number of aromatic nitrogens is 1. The minimum absolute atomic E-state index is 0.0918. The Morgan fingerprint density at radius 3 is 2.77 bits per heavy atom. The number of ether oxygens (including phenoxy) is 1. The van der Waals surface area contributed by atoms with Crippen molar-refractivity contribution in [2.45, 2.75) is 13.8 Å². The van der Waals surface area contributed by atoms with E-state index in [2.05, 4.69) is 10.5 Å². The monoisotopic (exact) mass is 326 g/mol. The molecule has 1 N–H and O–H groups in total. The summed E-state index contributed by atoms with van der Waals surface area (Å²) in [5.41, 5.74) is 0.441.